The Kier molecular flexibility index (Phi) is 7.37. The van der Waals surface area contributed by atoms with E-state index in [4.69, 9.17) is 21.1 Å². The summed E-state index contributed by atoms with van der Waals surface area (Å²) in [6.45, 7) is 2.88. The fourth-order valence-corrected chi connectivity index (χ4v) is 2.35. The zero-order chi connectivity index (χ0) is 19.8. The molecule has 142 valence electrons. The van der Waals surface area contributed by atoms with Crippen molar-refractivity contribution in [2.24, 2.45) is 0 Å². The lowest BCUT2D eigenvalue weighted by Gasteiger charge is -2.14. The lowest BCUT2D eigenvalue weighted by molar-refractivity contribution is -0.155. The number of Topliss-reactive ketones (excluding diaryl/α,β-unsaturated/α-hetero) is 1. The molecule has 0 radical (unpaired) electrons. The highest BCUT2D eigenvalue weighted by Gasteiger charge is 2.19. The number of hydrogen-bond acceptors (Lipinski definition) is 5. The van der Waals surface area contributed by atoms with E-state index in [1.165, 1.54) is 6.92 Å². The molecule has 6 nitrogen and oxygen atoms in total. The molecule has 1 atom stereocenters. The van der Waals surface area contributed by atoms with Gasteiger partial charge in [0.1, 0.15) is 5.75 Å². The molecule has 0 aliphatic heterocycles. The number of halogens is 1. The van der Waals surface area contributed by atoms with Crippen LogP contribution < -0.4 is 10.1 Å². The van der Waals surface area contributed by atoms with Crippen molar-refractivity contribution in [3.05, 3.63) is 59.1 Å². The average Bonchev–Trinajstić information content (AvgIpc) is 2.67. The van der Waals surface area contributed by atoms with Gasteiger partial charge in [0.15, 0.2) is 18.5 Å². The minimum Gasteiger partial charge on any atom is -0.482 e. The van der Waals surface area contributed by atoms with E-state index in [0.717, 1.165) is 0 Å². The molecule has 0 spiro atoms. The number of para-hydroxylation sites is 1. The summed E-state index contributed by atoms with van der Waals surface area (Å²) in [6.07, 6.45) is -0.595. The van der Waals surface area contributed by atoms with Gasteiger partial charge in [0.2, 0.25) is 0 Å². The summed E-state index contributed by atoms with van der Waals surface area (Å²) in [5.74, 6) is -0.739. The van der Waals surface area contributed by atoms with Gasteiger partial charge in [-0.3, -0.25) is 9.59 Å². The van der Waals surface area contributed by atoms with E-state index in [1.54, 1.807) is 55.5 Å². The highest BCUT2D eigenvalue weighted by molar-refractivity contribution is 6.33. The molecular weight excluding hydrogens is 370 g/mol. The number of ether oxygens (including phenoxy) is 2. The molecule has 27 heavy (non-hydrogen) atoms. The molecule has 1 unspecified atom stereocenters. The number of anilines is 1. The number of nitrogens with one attached hydrogen (secondary N) is 1. The normalized spacial score (nSPS) is 11.4. The zero-order valence-corrected chi connectivity index (χ0v) is 15.8. The lowest BCUT2D eigenvalue weighted by atomic mass is 10.1. The number of amides is 1. The van der Waals surface area contributed by atoms with Crippen molar-refractivity contribution in [2.75, 3.05) is 11.9 Å². The Morgan fingerprint density at radius 1 is 1.07 bits per heavy atom. The number of esters is 1. The van der Waals surface area contributed by atoms with Gasteiger partial charge in [-0.15, -0.1) is 0 Å². The topological polar surface area (TPSA) is 81.7 Å². The van der Waals surface area contributed by atoms with Gasteiger partial charge < -0.3 is 14.8 Å². The van der Waals surface area contributed by atoms with Crippen LogP contribution >= 0.6 is 11.6 Å². The van der Waals surface area contributed by atoms with Crippen LogP contribution in [0.4, 0.5) is 5.69 Å². The van der Waals surface area contributed by atoms with Crippen molar-refractivity contribution in [3.8, 4) is 5.75 Å². The van der Waals surface area contributed by atoms with Crippen molar-refractivity contribution in [1.82, 2.24) is 0 Å². The molecule has 2 aromatic carbocycles. The van der Waals surface area contributed by atoms with E-state index in [1.807, 2.05) is 0 Å². The fourth-order valence-electron chi connectivity index (χ4n) is 2.17. The second-order valence-electron chi connectivity index (χ2n) is 5.69. The minimum absolute atomic E-state index is 0.0271. The highest BCUT2D eigenvalue weighted by Crippen LogP contribution is 2.20. The van der Waals surface area contributed by atoms with Crippen LogP contribution in [0.25, 0.3) is 0 Å². The fraction of sp³-hybridized carbons (Fsp3) is 0.250. The Morgan fingerprint density at radius 2 is 1.74 bits per heavy atom. The molecule has 2 rings (SSSR count). The molecule has 1 N–H and O–H groups in total. The number of hydrogen-bond donors (Lipinski definition) is 1. The van der Waals surface area contributed by atoms with Gasteiger partial charge in [0.05, 0.1) is 10.7 Å². The third-order valence-electron chi connectivity index (χ3n) is 3.66. The molecule has 7 heteroatoms. The van der Waals surface area contributed by atoms with Crippen LogP contribution in [-0.2, 0) is 14.3 Å². The summed E-state index contributed by atoms with van der Waals surface area (Å²) in [4.78, 5) is 35.5. The Hall–Kier alpha value is -2.86. The first kappa shape index (κ1) is 20.5. The number of rotatable bonds is 8. The summed E-state index contributed by atoms with van der Waals surface area (Å²) < 4.78 is 10.4. The molecule has 0 heterocycles. The SMILES string of the molecule is CCC(=O)c1ccc(OCC(=O)OC(C)C(=O)Nc2ccccc2Cl)cc1. The molecule has 2 aromatic rings. The first-order chi connectivity index (χ1) is 12.9. The maximum atomic E-state index is 12.1. The lowest BCUT2D eigenvalue weighted by Crippen LogP contribution is -2.31. The Morgan fingerprint density at radius 3 is 2.37 bits per heavy atom. The summed E-state index contributed by atoms with van der Waals surface area (Å²) in [6, 6.07) is 13.2. The molecule has 0 aliphatic carbocycles. The van der Waals surface area contributed by atoms with Gasteiger partial charge in [0, 0.05) is 12.0 Å². The van der Waals surface area contributed by atoms with Gasteiger partial charge >= 0.3 is 5.97 Å². The predicted molar refractivity (Wildman–Crippen MR) is 102 cm³/mol. The van der Waals surface area contributed by atoms with Crippen molar-refractivity contribution >= 4 is 34.9 Å². The number of benzene rings is 2. The average molecular weight is 390 g/mol. The Bertz CT molecular complexity index is 819. The monoisotopic (exact) mass is 389 g/mol. The number of carbonyl (C=O) groups is 3. The first-order valence-electron chi connectivity index (χ1n) is 8.41. The van der Waals surface area contributed by atoms with E-state index in [9.17, 15) is 14.4 Å². The summed E-state index contributed by atoms with van der Waals surface area (Å²) in [7, 11) is 0. The summed E-state index contributed by atoms with van der Waals surface area (Å²) in [5.41, 5.74) is 1.02. The standard InChI is InChI=1S/C20H20ClNO5/c1-3-18(23)14-8-10-15(11-9-14)26-12-19(24)27-13(2)20(25)22-17-7-5-4-6-16(17)21/h4-11,13H,3,12H2,1-2H3,(H,22,25). The molecule has 0 fully saturated rings. The summed E-state index contributed by atoms with van der Waals surface area (Å²) >= 11 is 5.97. The molecule has 0 aromatic heterocycles. The summed E-state index contributed by atoms with van der Waals surface area (Å²) in [5, 5.41) is 2.98. The van der Waals surface area contributed by atoms with Crippen LogP contribution in [0, 0.1) is 0 Å². The first-order valence-corrected chi connectivity index (χ1v) is 8.79. The second kappa shape index (κ2) is 9.73. The quantitative estimate of drug-likeness (QED) is 0.547. The maximum Gasteiger partial charge on any atom is 0.344 e. The van der Waals surface area contributed by atoms with E-state index in [2.05, 4.69) is 5.32 Å². The molecule has 0 aliphatic rings. The van der Waals surface area contributed by atoms with E-state index in [0.29, 0.717) is 28.4 Å². The molecular formula is C20H20ClNO5. The van der Waals surface area contributed by atoms with Crippen LogP contribution in [0.3, 0.4) is 0 Å². The minimum atomic E-state index is -1.01. The van der Waals surface area contributed by atoms with E-state index in [-0.39, 0.29) is 12.4 Å². The second-order valence-corrected chi connectivity index (χ2v) is 6.10. The number of ketones is 1. The molecule has 1 amide bonds. The van der Waals surface area contributed by atoms with Crippen molar-refractivity contribution in [1.29, 1.82) is 0 Å². The van der Waals surface area contributed by atoms with E-state index >= 15 is 0 Å². The smallest absolute Gasteiger partial charge is 0.344 e. The molecule has 0 saturated heterocycles. The molecule has 0 bridgehead atoms. The van der Waals surface area contributed by atoms with E-state index < -0.39 is 18.0 Å². The zero-order valence-electron chi connectivity index (χ0n) is 15.0. The third-order valence-corrected chi connectivity index (χ3v) is 3.99. The van der Waals surface area contributed by atoms with Gasteiger partial charge in [-0.2, -0.15) is 0 Å². The van der Waals surface area contributed by atoms with Crippen molar-refractivity contribution < 1.29 is 23.9 Å². The van der Waals surface area contributed by atoms with Crippen molar-refractivity contribution in [3.63, 3.8) is 0 Å². The van der Waals surface area contributed by atoms with Crippen molar-refractivity contribution in [2.45, 2.75) is 26.4 Å². The van der Waals surface area contributed by atoms with Crippen LogP contribution in [-0.4, -0.2) is 30.4 Å². The predicted octanol–water partition coefficient (Wildman–Crippen LogP) is 3.88. The Balaban J connectivity index is 1.81. The van der Waals surface area contributed by atoms with Crippen LogP contribution in [0.5, 0.6) is 5.75 Å². The number of carbonyl (C=O) groups excluding carboxylic acids is 3. The largest absolute Gasteiger partial charge is 0.482 e. The van der Waals surface area contributed by atoms with Gasteiger partial charge in [-0.05, 0) is 43.3 Å². The highest BCUT2D eigenvalue weighted by atomic mass is 35.5. The van der Waals surface area contributed by atoms with Crippen LogP contribution in [0.2, 0.25) is 5.02 Å². The van der Waals surface area contributed by atoms with Crippen LogP contribution in [0.1, 0.15) is 30.6 Å². The Labute approximate surface area is 162 Å². The van der Waals surface area contributed by atoms with Crippen LogP contribution in [0.15, 0.2) is 48.5 Å². The van der Waals surface area contributed by atoms with Gasteiger partial charge in [-0.25, -0.2) is 4.79 Å². The maximum absolute atomic E-state index is 12.1. The van der Waals surface area contributed by atoms with Gasteiger partial charge in [0.25, 0.3) is 5.91 Å². The molecule has 0 saturated carbocycles. The van der Waals surface area contributed by atoms with Gasteiger partial charge in [-0.1, -0.05) is 30.7 Å². The third kappa shape index (κ3) is 6.11.